The van der Waals surface area contributed by atoms with Crippen LogP contribution in [-0.4, -0.2) is 38.4 Å². The van der Waals surface area contributed by atoms with Crippen LogP contribution in [0.1, 0.15) is 36.8 Å². The topological polar surface area (TPSA) is 137 Å². The fourth-order valence-electron chi connectivity index (χ4n) is 1.89. The minimum Gasteiger partial charge on any atom is -0.508 e. The van der Waals surface area contributed by atoms with Gasteiger partial charge in [0.05, 0.1) is 12.6 Å². The van der Waals surface area contributed by atoms with E-state index in [1.54, 1.807) is 0 Å². The van der Waals surface area contributed by atoms with Crippen LogP contribution in [0.2, 0.25) is 0 Å². The molecule has 1 aromatic heterocycles. The Morgan fingerprint density at radius 2 is 2.08 bits per heavy atom. The first kappa shape index (κ1) is 19.3. The molecule has 4 N–H and O–H groups in total. The van der Waals surface area contributed by atoms with E-state index in [2.05, 4.69) is 26.0 Å². The Labute approximate surface area is 153 Å². The number of hydrogen-bond donors (Lipinski definition) is 4. The third kappa shape index (κ3) is 6.13. The van der Waals surface area contributed by atoms with Gasteiger partial charge < -0.3 is 15.5 Å². The molecule has 0 aliphatic rings. The number of unbranched alkanes of at least 4 members (excludes halogenated alkanes) is 1. The van der Waals surface area contributed by atoms with Crippen LogP contribution in [0, 0.1) is 0 Å². The summed E-state index contributed by atoms with van der Waals surface area (Å²) in [5.41, 5.74) is 2.65. The van der Waals surface area contributed by atoms with E-state index in [1.165, 1.54) is 24.4 Å². The maximum atomic E-state index is 11.8. The van der Waals surface area contributed by atoms with Gasteiger partial charge in [-0.3, -0.25) is 9.59 Å². The maximum absolute atomic E-state index is 11.8. The molecule has 26 heavy (non-hydrogen) atoms. The SMILES string of the molecule is CCCCC(=O)Nc1nnc(CC(=O)NN=Cc2ccc(O)cc2O)s1. The second-order valence-corrected chi connectivity index (χ2v) is 6.43. The molecule has 138 valence electrons. The van der Waals surface area contributed by atoms with Crippen molar-refractivity contribution in [1.82, 2.24) is 15.6 Å². The number of rotatable bonds is 8. The lowest BCUT2D eigenvalue weighted by molar-refractivity contribution is -0.120. The highest BCUT2D eigenvalue weighted by Crippen LogP contribution is 2.20. The van der Waals surface area contributed by atoms with Crippen LogP contribution in [-0.2, 0) is 16.0 Å². The monoisotopic (exact) mass is 377 g/mol. The Hall–Kier alpha value is -3.01. The van der Waals surface area contributed by atoms with Crippen LogP contribution in [0.4, 0.5) is 5.13 Å². The molecule has 0 atom stereocenters. The lowest BCUT2D eigenvalue weighted by Crippen LogP contribution is -2.19. The molecule has 1 aromatic carbocycles. The van der Waals surface area contributed by atoms with Gasteiger partial charge in [-0.05, 0) is 18.6 Å². The number of amides is 2. The van der Waals surface area contributed by atoms with Crippen LogP contribution < -0.4 is 10.7 Å². The summed E-state index contributed by atoms with van der Waals surface area (Å²) in [4.78, 5) is 23.5. The quantitative estimate of drug-likeness (QED) is 0.409. The van der Waals surface area contributed by atoms with Crippen molar-refractivity contribution in [2.75, 3.05) is 5.32 Å². The highest BCUT2D eigenvalue weighted by molar-refractivity contribution is 7.15. The van der Waals surface area contributed by atoms with Crippen LogP contribution >= 0.6 is 11.3 Å². The fraction of sp³-hybridized carbons (Fsp3) is 0.312. The molecular formula is C16H19N5O4S. The van der Waals surface area contributed by atoms with E-state index in [-0.39, 0.29) is 23.8 Å². The standard InChI is InChI=1S/C16H19N5O4S/c1-2-3-4-13(24)18-16-21-20-15(26-16)8-14(25)19-17-9-10-5-6-11(22)7-12(10)23/h5-7,9,22-23H,2-4,8H2,1H3,(H,19,25)(H,18,21,24). The molecular weight excluding hydrogens is 358 g/mol. The minimum atomic E-state index is -0.417. The Balaban J connectivity index is 1.82. The number of hydrazone groups is 1. The molecule has 0 radical (unpaired) electrons. The summed E-state index contributed by atoms with van der Waals surface area (Å²) in [5.74, 6) is -0.773. The minimum absolute atomic E-state index is 0.0403. The van der Waals surface area contributed by atoms with Crippen LogP contribution in [0.15, 0.2) is 23.3 Å². The van der Waals surface area contributed by atoms with Crippen molar-refractivity contribution >= 4 is 34.5 Å². The zero-order chi connectivity index (χ0) is 18.9. The molecule has 9 nitrogen and oxygen atoms in total. The van der Waals surface area contributed by atoms with Gasteiger partial charge in [0.15, 0.2) is 0 Å². The second kappa shape index (κ2) is 9.47. The Morgan fingerprint density at radius 1 is 1.27 bits per heavy atom. The van der Waals surface area contributed by atoms with E-state index in [0.717, 1.165) is 24.2 Å². The molecule has 0 spiro atoms. The van der Waals surface area contributed by atoms with Gasteiger partial charge in [0.25, 0.3) is 0 Å². The van der Waals surface area contributed by atoms with Gasteiger partial charge in [0.1, 0.15) is 16.5 Å². The predicted octanol–water partition coefficient (Wildman–Crippen LogP) is 1.77. The van der Waals surface area contributed by atoms with Crippen molar-refractivity contribution in [3.8, 4) is 11.5 Å². The average molecular weight is 377 g/mol. The number of aromatic hydroxyl groups is 2. The third-order valence-electron chi connectivity index (χ3n) is 3.19. The maximum Gasteiger partial charge on any atom is 0.247 e. The van der Waals surface area contributed by atoms with Crippen LogP contribution in [0.5, 0.6) is 11.5 Å². The number of anilines is 1. The Kier molecular flexibility index (Phi) is 7.03. The molecule has 0 unspecified atom stereocenters. The number of aromatic nitrogens is 2. The molecule has 2 rings (SSSR count). The van der Waals surface area contributed by atoms with Crippen molar-refractivity contribution < 1.29 is 19.8 Å². The van der Waals surface area contributed by atoms with Gasteiger partial charge in [0.2, 0.25) is 16.9 Å². The zero-order valence-electron chi connectivity index (χ0n) is 14.1. The molecule has 1 heterocycles. The average Bonchev–Trinajstić information content (AvgIpc) is 3.01. The zero-order valence-corrected chi connectivity index (χ0v) is 14.9. The summed E-state index contributed by atoms with van der Waals surface area (Å²) in [7, 11) is 0. The normalized spacial score (nSPS) is 10.8. The molecule has 10 heteroatoms. The molecule has 0 aliphatic carbocycles. The van der Waals surface area contributed by atoms with Crippen molar-refractivity contribution in [2.24, 2.45) is 5.10 Å². The van der Waals surface area contributed by atoms with E-state index < -0.39 is 5.91 Å². The first-order chi connectivity index (χ1) is 12.5. The number of phenolic OH excluding ortho intramolecular Hbond substituents is 2. The number of carbonyl (C=O) groups excluding carboxylic acids is 2. The van der Waals surface area contributed by atoms with Gasteiger partial charge in [-0.1, -0.05) is 24.7 Å². The van der Waals surface area contributed by atoms with Gasteiger partial charge in [0, 0.05) is 18.1 Å². The van der Waals surface area contributed by atoms with Crippen molar-refractivity contribution in [2.45, 2.75) is 32.6 Å². The Morgan fingerprint density at radius 3 is 2.81 bits per heavy atom. The molecule has 0 saturated heterocycles. The van der Waals surface area contributed by atoms with Gasteiger partial charge >= 0.3 is 0 Å². The van der Waals surface area contributed by atoms with E-state index >= 15 is 0 Å². The van der Waals surface area contributed by atoms with Crippen LogP contribution in [0.3, 0.4) is 0 Å². The summed E-state index contributed by atoms with van der Waals surface area (Å²) < 4.78 is 0. The molecule has 2 amide bonds. The summed E-state index contributed by atoms with van der Waals surface area (Å²) in [6.07, 6.45) is 3.37. The first-order valence-electron chi connectivity index (χ1n) is 7.94. The second-order valence-electron chi connectivity index (χ2n) is 5.37. The number of nitrogens with one attached hydrogen (secondary N) is 2. The largest absolute Gasteiger partial charge is 0.508 e. The van der Waals surface area contributed by atoms with Crippen molar-refractivity contribution in [3.63, 3.8) is 0 Å². The molecule has 0 saturated carbocycles. The number of benzene rings is 1. The van der Waals surface area contributed by atoms with Gasteiger partial charge in [-0.2, -0.15) is 5.10 Å². The molecule has 0 bridgehead atoms. The fourth-order valence-corrected chi connectivity index (χ4v) is 2.64. The molecule has 2 aromatic rings. The third-order valence-corrected chi connectivity index (χ3v) is 4.03. The van der Waals surface area contributed by atoms with Crippen molar-refractivity contribution in [1.29, 1.82) is 0 Å². The lowest BCUT2D eigenvalue weighted by atomic mass is 10.2. The van der Waals surface area contributed by atoms with E-state index in [4.69, 9.17) is 0 Å². The highest BCUT2D eigenvalue weighted by Gasteiger charge is 2.11. The summed E-state index contributed by atoms with van der Waals surface area (Å²) in [6.45, 7) is 2.00. The Bertz CT molecular complexity index is 806. The highest BCUT2D eigenvalue weighted by atomic mass is 32.1. The summed E-state index contributed by atoms with van der Waals surface area (Å²) in [6, 6.07) is 4.01. The number of carbonyl (C=O) groups is 2. The summed E-state index contributed by atoms with van der Waals surface area (Å²) >= 11 is 1.12. The number of nitrogens with zero attached hydrogens (tertiary/aromatic N) is 3. The van der Waals surface area contributed by atoms with Crippen LogP contribution in [0.25, 0.3) is 0 Å². The van der Waals surface area contributed by atoms with E-state index in [1.807, 2.05) is 6.92 Å². The molecule has 0 aliphatic heterocycles. The van der Waals surface area contributed by atoms with Crippen molar-refractivity contribution in [3.05, 3.63) is 28.8 Å². The first-order valence-corrected chi connectivity index (χ1v) is 8.75. The smallest absolute Gasteiger partial charge is 0.247 e. The number of phenols is 2. The lowest BCUT2D eigenvalue weighted by Gasteiger charge is -2.00. The van der Waals surface area contributed by atoms with Gasteiger partial charge in [-0.15, -0.1) is 10.2 Å². The van der Waals surface area contributed by atoms with E-state index in [0.29, 0.717) is 22.1 Å². The molecule has 0 fully saturated rings. The summed E-state index contributed by atoms with van der Waals surface area (Å²) in [5, 5.41) is 33.7. The predicted molar refractivity (Wildman–Crippen MR) is 97.3 cm³/mol. The van der Waals surface area contributed by atoms with Gasteiger partial charge in [-0.25, -0.2) is 5.43 Å². The van der Waals surface area contributed by atoms with E-state index in [9.17, 15) is 19.8 Å². The number of hydrogen-bond acceptors (Lipinski definition) is 8.